The molecule has 1 heteroatoms. The van der Waals surface area contributed by atoms with Crippen molar-refractivity contribution in [1.29, 1.82) is 0 Å². The van der Waals surface area contributed by atoms with Gasteiger partial charge < -0.3 is 0 Å². The lowest BCUT2D eigenvalue weighted by Crippen LogP contribution is -2.00. The highest BCUT2D eigenvalue weighted by molar-refractivity contribution is 7.99. The average molecular weight is 190 g/mol. The minimum atomic E-state index is 0.935. The lowest BCUT2D eigenvalue weighted by Gasteiger charge is -2.11. The molecule has 0 rings (SSSR count). The zero-order chi connectivity index (χ0) is 9.82. The fourth-order valence-electron chi connectivity index (χ4n) is 1.01. The summed E-state index contributed by atoms with van der Waals surface area (Å²) in [5.74, 6) is 1.35. The van der Waals surface area contributed by atoms with Crippen LogP contribution in [-0.2, 0) is 0 Å². The Kier molecular flexibility index (Phi) is 17.2. The summed E-state index contributed by atoms with van der Waals surface area (Å²) in [5, 5.41) is 0.935. The highest BCUT2D eigenvalue weighted by Crippen LogP contribution is 2.19. The van der Waals surface area contributed by atoms with Gasteiger partial charge in [0.15, 0.2) is 0 Å². The maximum atomic E-state index is 2.29. The minimum Gasteiger partial charge on any atom is -0.159 e. The fraction of sp³-hybridized carbons (Fsp3) is 1.00. The summed E-state index contributed by atoms with van der Waals surface area (Å²) in [6.45, 7) is 10.8. The van der Waals surface area contributed by atoms with E-state index in [0.29, 0.717) is 0 Å². The van der Waals surface area contributed by atoms with Crippen molar-refractivity contribution in [2.75, 3.05) is 5.75 Å². The van der Waals surface area contributed by atoms with Gasteiger partial charge in [-0.2, -0.15) is 11.8 Å². The van der Waals surface area contributed by atoms with Crippen LogP contribution in [0.15, 0.2) is 0 Å². The molecule has 0 aromatic rings. The van der Waals surface area contributed by atoms with Crippen LogP contribution in [0.5, 0.6) is 0 Å². The molecule has 76 valence electrons. The van der Waals surface area contributed by atoms with Crippen LogP contribution in [0.4, 0.5) is 0 Å². The first kappa shape index (κ1) is 14.9. The third-order valence-electron chi connectivity index (χ3n) is 1.62. The van der Waals surface area contributed by atoms with Crippen molar-refractivity contribution in [2.24, 2.45) is 0 Å². The van der Waals surface area contributed by atoms with E-state index < -0.39 is 0 Å². The zero-order valence-corrected chi connectivity index (χ0v) is 10.3. The molecule has 0 aliphatic carbocycles. The quantitative estimate of drug-likeness (QED) is 0.583. The second-order valence-corrected chi connectivity index (χ2v) is 4.10. The molecule has 0 nitrogen and oxygen atoms in total. The average Bonchev–Trinajstić information content (AvgIpc) is 2.15. The summed E-state index contributed by atoms with van der Waals surface area (Å²) in [5.41, 5.74) is 0. The van der Waals surface area contributed by atoms with E-state index >= 15 is 0 Å². The summed E-state index contributed by atoms with van der Waals surface area (Å²) in [6.07, 6.45) is 5.42. The van der Waals surface area contributed by atoms with Crippen LogP contribution in [0.2, 0.25) is 0 Å². The van der Waals surface area contributed by atoms with Crippen LogP contribution >= 0.6 is 11.8 Å². The largest absolute Gasteiger partial charge is 0.159 e. The van der Waals surface area contributed by atoms with Gasteiger partial charge in [0.05, 0.1) is 0 Å². The molecule has 0 radical (unpaired) electrons. The number of hydrogen-bond acceptors (Lipinski definition) is 1. The summed E-state index contributed by atoms with van der Waals surface area (Å²) < 4.78 is 0. The Labute approximate surface area is 83.5 Å². The molecule has 0 N–H and O–H groups in total. The van der Waals surface area contributed by atoms with Crippen LogP contribution in [0.3, 0.4) is 0 Å². The Bertz CT molecular complexity index is 62.0. The van der Waals surface area contributed by atoms with Crippen molar-refractivity contribution in [2.45, 2.75) is 65.6 Å². The Morgan fingerprint density at radius 2 is 1.58 bits per heavy atom. The standard InChI is InChI=1S/C9H20S.C2H6/c1-4-7-9(6-3)10-8-5-2;1-2/h9H,4-8H2,1-3H3;1-2H3. The highest BCUT2D eigenvalue weighted by Gasteiger charge is 2.02. The van der Waals surface area contributed by atoms with Crippen molar-refractivity contribution < 1.29 is 0 Å². The molecule has 0 spiro atoms. The lowest BCUT2D eigenvalue weighted by atomic mass is 10.2. The maximum absolute atomic E-state index is 2.29. The van der Waals surface area contributed by atoms with Crippen molar-refractivity contribution in [3.8, 4) is 0 Å². The molecular formula is C11H26S. The molecule has 0 amide bonds. The Balaban J connectivity index is 0. The van der Waals surface area contributed by atoms with Crippen LogP contribution in [0.25, 0.3) is 0 Å². The first-order valence-corrected chi connectivity index (χ1v) is 6.51. The van der Waals surface area contributed by atoms with E-state index in [1.807, 2.05) is 13.8 Å². The molecule has 0 bridgehead atoms. The van der Waals surface area contributed by atoms with E-state index in [4.69, 9.17) is 0 Å². The van der Waals surface area contributed by atoms with E-state index in [9.17, 15) is 0 Å². The predicted octanol–water partition coefficient (Wildman–Crippen LogP) is 4.73. The van der Waals surface area contributed by atoms with Gasteiger partial charge in [-0.1, -0.05) is 41.0 Å². The van der Waals surface area contributed by atoms with Crippen LogP contribution in [-0.4, -0.2) is 11.0 Å². The lowest BCUT2D eigenvalue weighted by molar-refractivity contribution is 0.719. The van der Waals surface area contributed by atoms with Gasteiger partial charge in [0, 0.05) is 5.25 Å². The molecule has 0 heterocycles. The Hall–Kier alpha value is 0.350. The maximum Gasteiger partial charge on any atom is 0.00443 e. The first-order chi connectivity index (χ1) is 5.85. The first-order valence-electron chi connectivity index (χ1n) is 5.46. The normalized spacial score (nSPS) is 11.8. The number of rotatable bonds is 6. The molecule has 0 aliphatic heterocycles. The summed E-state index contributed by atoms with van der Waals surface area (Å²) in [6, 6.07) is 0. The molecule has 12 heavy (non-hydrogen) atoms. The molecule has 1 unspecified atom stereocenters. The third-order valence-corrected chi connectivity index (χ3v) is 3.31. The van der Waals surface area contributed by atoms with E-state index in [2.05, 4.69) is 32.5 Å². The molecule has 0 aliphatic rings. The van der Waals surface area contributed by atoms with Crippen LogP contribution < -0.4 is 0 Å². The van der Waals surface area contributed by atoms with Gasteiger partial charge in [-0.15, -0.1) is 0 Å². The highest BCUT2D eigenvalue weighted by atomic mass is 32.2. The number of thioether (sulfide) groups is 1. The SMILES string of the molecule is CC.CCCSC(CC)CCC. The molecule has 0 saturated carbocycles. The van der Waals surface area contributed by atoms with Crippen LogP contribution in [0.1, 0.15) is 60.3 Å². The summed E-state index contributed by atoms with van der Waals surface area (Å²) >= 11 is 2.15. The van der Waals surface area contributed by atoms with E-state index in [-0.39, 0.29) is 0 Å². The smallest absolute Gasteiger partial charge is 0.00443 e. The third kappa shape index (κ3) is 10.3. The topological polar surface area (TPSA) is 0 Å². The van der Waals surface area contributed by atoms with Gasteiger partial charge in [-0.3, -0.25) is 0 Å². The predicted molar refractivity (Wildman–Crippen MR) is 63.1 cm³/mol. The van der Waals surface area contributed by atoms with E-state index in [1.54, 1.807) is 0 Å². The molecule has 0 aromatic carbocycles. The second kappa shape index (κ2) is 13.9. The van der Waals surface area contributed by atoms with Gasteiger partial charge in [-0.05, 0) is 25.0 Å². The van der Waals surface area contributed by atoms with Gasteiger partial charge >= 0.3 is 0 Å². The molecule has 0 saturated heterocycles. The van der Waals surface area contributed by atoms with Crippen molar-refractivity contribution in [3.63, 3.8) is 0 Å². The summed E-state index contributed by atoms with van der Waals surface area (Å²) in [4.78, 5) is 0. The summed E-state index contributed by atoms with van der Waals surface area (Å²) in [7, 11) is 0. The minimum absolute atomic E-state index is 0.935. The fourth-order valence-corrected chi connectivity index (χ4v) is 2.22. The second-order valence-electron chi connectivity index (χ2n) is 2.69. The van der Waals surface area contributed by atoms with Gasteiger partial charge in [0.2, 0.25) is 0 Å². The van der Waals surface area contributed by atoms with Crippen molar-refractivity contribution in [1.82, 2.24) is 0 Å². The monoisotopic (exact) mass is 190 g/mol. The van der Waals surface area contributed by atoms with Crippen molar-refractivity contribution >= 4 is 11.8 Å². The molecule has 0 aromatic heterocycles. The van der Waals surface area contributed by atoms with Crippen LogP contribution in [0, 0.1) is 0 Å². The Morgan fingerprint density at radius 3 is 1.92 bits per heavy atom. The zero-order valence-electron chi connectivity index (χ0n) is 9.52. The van der Waals surface area contributed by atoms with E-state index in [0.717, 1.165) is 5.25 Å². The molecule has 0 fully saturated rings. The molecular weight excluding hydrogens is 164 g/mol. The Morgan fingerprint density at radius 1 is 1.00 bits per heavy atom. The van der Waals surface area contributed by atoms with Gasteiger partial charge in [0.25, 0.3) is 0 Å². The molecule has 1 atom stereocenters. The number of hydrogen-bond donors (Lipinski definition) is 0. The van der Waals surface area contributed by atoms with Gasteiger partial charge in [-0.25, -0.2) is 0 Å². The van der Waals surface area contributed by atoms with Crippen molar-refractivity contribution in [3.05, 3.63) is 0 Å². The van der Waals surface area contributed by atoms with E-state index in [1.165, 1.54) is 31.4 Å². The van der Waals surface area contributed by atoms with Gasteiger partial charge in [0.1, 0.15) is 0 Å².